The van der Waals surface area contributed by atoms with E-state index >= 15 is 0 Å². The van der Waals surface area contributed by atoms with Gasteiger partial charge in [0, 0.05) is 19.1 Å². The van der Waals surface area contributed by atoms with Crippen LogP contribution in [0, 0.1) is 5.92 Å². The minimum absolute atomic E-state index is 0.148. The molecule has 4 heteroatoms. The predicted molar refractivity (Wildman–Crippen MR) is 68.7 cm³/mol. The fourth-order valence-corrected chi connectivity index (χ4v) is 1.80. The van der Waals surface area contributed by atoms with Crippen LogP contribution >= 0.6 is 15.9 Å². The lowest BCUT2D eigenvalue weighted by atomic mass is 10.2. The molecule has 2 N–H and O–H groups in total. The van der Waals surface area contributed by atoms with E-state index in [0.29, 0.717) is 6.61 Å². The van der Waals surface area contributed by atoms with Crippen molar-refractivity contribution in [2.24, 2.45) is 5.92 Å². The molecule has 1 rings (SSSR count). The largest absolute Gasteiger partial charge is 0.492 e. The van der Waals surface area contributed by atoms with E-state index in [1.165, 1.54) is 5.56 Å². The number of halogens is 1. The van der Waals surface area contributed by atoms with E-state index in [0.717, 1.165) is 16.8 Å². The molecular weight excluding hydrogens is 270 g/mol. The molecule has 1 aromatic rings. The van der Waals surface area contributed by atoms with E-state index in [1.54, 1.807) is 0 Å². The Labute approximate surface area is 105 Å². The van der Waals surface area contributed by atoms with Gasteiger partial charge in [-0.1, -0.05) is 13.0 Å². The predicted octanol–water partition coefficient (Wildman–Crippen LogP) is 2.18. The van der Waals surface area contributed by atoms with E-state index in [2.05, 4.69) is 21.2 Å². The van der Waals surface area contributed by atoms with Crippen molar-refractivity contribution < 1.29 is 9.84 Å². The highest BCUT2D eigenvalue weighted by atomic mass is 79.9. The van der Waals surface area contributed by atoms with Crippen molar-refractivity contribution in [1.29, 1.82) is 0 Å². The second kappa shape index (κ2) is 6.89. The Morgan fingerprint density at radius 2 is 2.25 bits per heavy atom. The highest BCUT2D eigenvalue weighted by Crippen LogP contribution is 2.26. The van der Waals surface area contributed by atoms with E-state index in [-0.39, 0.29) is 12.5 Å². The van der Waals surface area contributed by atoms with Crippen LogP contribution in [0.25, 0.3) is 0 Å². The smallest absolute Gasteiger partial charge is 0.133 e. The molecule has 0 spiro atoms. The molecule has 0 saturated carbocycles. The Kier molecular flexibility index (Phi) is 5.80. The van der Waals surface area contributed by atoms with Crippen LogP contribution in [0.1, 0.15) is 12.5 Å². The molecule has 3 nitrogen and oxygen atoms in total. The number of nitrogens with one attached hydrogen (secondary N) is 1. The Morgan fingerprint density at radius 3 is 2.81 bits per heavy atom. The van der Waals surface area contributed by atoms with Crippen LogP contribution in [-0.2, 0) is 6.54 Å². The molecule has 16 heavy (non-hydrogen) atoms. The number of aliphatic hydroxyl groups is 1. The van der Waals surface area contributed by atoms with Crippen LogP contribution in [0.5, 0.6) is 5.75 Å². The first-order valence-electron chi connectivity index (χ1n) is 5.34. The van der Waals surface area contributed by atoms with Gasteiger partial charge in [-0.25, -0.2) is 0 Å². The maximum absolute atomic E-state index is 8.90. The van der Waals surface area contributed by atoms with Crippen molar-refractivity contribution in [2.45, 2.75) is 13.5 Å². The quantitative estimate of drug-likeness (QED) is 0.843. The summed E-state index contributed by atoms with van der Waals surface area (Å²) in [6.45, 7) is 3.46. The summed E-state index contributed by atoms with van der Waals surface area (Å²) in [6, 6.07) is 6.01. The third-order valence-electron chi connectivity index (χ3n) is 2.21. The van der Waals surface area contributed by atoms with Gasteiger partial charge in [-0.3, -0.25) is 0 Å². The highest BCUT2D eigenvalue weighted by molar-refractivity contribution is 9.10. The summed E-state index contributed by atoms with van der Waals surface area (Å²) < 4.78 is 6.54. The van der Waals surface area contributed by atoms with Gasteiger partial charge in [-0.2, -0.15) is 0 Å². The van der Waals surface area contributed by atoms with Crippen LogP contribution in [0.2, 0.25) is 0 Å². The summed E-state index contributed by atoms with van der Waals surface area (Å²) in [5.74, 6) is 0.976. The molecule has 0 bridgehead atoms. The number of benzene rings is 1. The van der Waals surface area contributed by atoms with Gasteiger partial charge in [0.1, 0.15) is 5.75 Å². The van der Waals surface area contributed by atoms with Gasteiger partial charge in [0.25, 0.3) is 0 Å². The van der Waals surface area contributed by atoms with Crippen LogP contribution < -0.4 is 10.1 Å². The van der Waals surface area contributed by atoms with Crippen molar-refractivity contribution >= 4 is 15.9 Å². The van der Waals surface area contributed by atoms with Crippen molar-refractivity contribution in [3.63, 3.8) is 0 Å². The summed E-state index contributed by atoms with van der Waals surface area (Å²) in [4.78, 5) is 0. The lowest BCUT2D eigenvalue weighted by Gasteiger charge is -2.12. The Hall–Kier alpha value is -0.580. The van der Waals surface area contributed by atoms with Crippen molar-refractivity contribution in [2.75, 3.05) is 20.3 Å². The van der Waals surface area contributed by atoms with E-state index < -0.39 is 0 Å². The number of rotatable bonds is 6. The highest BCUT2D eigenvalue weighted by Gasteiger charge is 2.05. The fraction of sp³-hybridized carbons (Fsp3) is 0.500. The second-order valence-corrected chi connectivity index (χ2v) is 4.75. The van der Waals surface area contributed by atoms with Crippen molar-refractivity contribution in [3.8, 4) is 5.75 Å². The summed E-state index contributed by atoms with van der Waals surface area (Å²) in [5, 5.41) is 12.0. The SMILES string of the molecule is CNCc1ccc(OCC(C)CO)c(Br)c1. The summed E-state index contributed by atoms with van der Waals surface area (Å²) in [5.41, 5.74) is 1.21. The first kappa shape index (κ1) is 13.5. The molecular formula is C12H18BrNO2. The normalized spacial score (nSPS) is 12.5. The van der Waals surface area contributed by atoms with Crippen LogP contribution in [0.4, 0.5) is 0 Å². The Morgan fingerprint density at radius 1 is 1.50 bits per heavy atom. The molecule has 0 fully saturated rings. The molecule has 0 aliphatic carbocycles. The molecule has 0 saturated heterocycles. The Bertz CT molecular complexity index is 331. The summed E-state index contributed by atoms with van der Waals surface area (Å²) in [6.07, 6.45) is 0. The van der Waals surface area contributed by atoms with Gasteiger partial charge >= 0.3 is 0 Å². The van der Waals surface area contributed by atoms with Gasteiger partial charge in [-0.05, 0) is 40.7 Å². The third-order valence-corrected chi connectivity index (χ3v) is 2.83. The van der Waals surface area contributed by atoms with Gasteiger partial charge in [0.15, 0.2) is 0 Å². The molecule has 1 aromatic carbocycles. The third kappa shape index (κ3) is 4.12. The summed E-state index contributed by atoms with van der Waals surface area (Å²) >= 11 is 3.47. The average Bonchev–Trinajstić information content (AvgIpc) is 2.28. The first-order chi connectivity index (χ1) is 7.67. The van der Waals surface area contributed by atoms with E-state index in [1.807, 2.05) is 32.2 Å². The molecule has 1 unspecified atom stereocenters. The van der Waals surface area contributed by atoms with Gasteiger partial charge in [-0.15, -0.1) is 0 Å². The fourth-order valence-electron chi connectivity index (χ4n) is 1.26. The molecule has 0 heterocycles. The van der Waals surface area contributed by atoms with Crippen molar-refractivity contribution in [1.82, 2.24) is 5.32 Å². The zero-order valence-electron chi connectivity index (χ0n) is 9.66. The number of hydrogen-bond donors (Lipinski definition) is 2. The number of ether oxygens (including phenoxy) is 1. The van der Waals surface area contributed by atoms with Crippen LogP contribution in [0.3, 0.4) is 0 Å². The lowest BCUT2D eigenvalue weighted by Crippen LogP contribution is -2.12. The van der Waals surface area contributed by atoms with Gasteiger partial charge in [0.2, 0.25) is 0 Å². The Balaban J connectivity index is 2.60. The van der Waals surface area contributed by atoms with E-state index in [4.69, 9.17) is 9.84 Å². The zero-order chi connectivity index (χ0) is 12.0. The van der Waals surface area contributed by atoms with E-state index in [9.17, 15) is 0 Å². The van der Waals surface area contributed by atoms with Gasteiger partial charge < -0.3 is 15.2 Å². The first-order valence-corrected chi connectivity index (χ1v) is 6.13. The number of hydrogen-bond acceptors (Lipinski definition) is 3. The van der Waals surface area contributed by atoms with Gasteiger partial charge in [0.05, 0.1) is 11.1 Å². The minimum atomic E-state index is 0.148. The minimum Gasteiger partial charge on any atom is -0.492 e. The average molecular weight is 288 g/mol. The maximum Gasteiger partial charge on any atom is 0.133 e. The molecule has 0 aliphatic rings. The topological polar surface area (TPSA) is 41.5 Å². The molecule has 0 aliphatic heterocycles. The van der Waals surface area contributed by atoms with Crippen LogP contribution in [0.15, 0.2) is 22.7 Å². The second-order valence-electron chi connectivity index (χ2n) is 3.89. The summed E-state index contributed by atoms with van der Waals surface area (Å²) in [7, 11) is 1.92. The monoisotopic (exact) mass is 287 g/mol. The standard InChI is InChI=1S/C12H18BrNO2/c1-9(7-15)8-16-12-4-3-10(6-14-2)5-11(12)13/h3-5,9,14-15H,6-8H2,1-2H3. The maximum atomic E-state index is 8.90. The van der Waals surface area contributed by atoms with Crippen molar-refractivity contribution in [3.05, 3.63) is 28.2 Å². The number of aliphatic hydroxyl groups excluding tert-OH is 1. The lowest BCUT2D eigenvalue weighted by molar-refractivity contribution is 0.174. The molecule has 0 amide bonds. The molecule has 0 aromatic heterocycles. The molecule has 1 atom stereocenters. The van der Waals surface area contributed by atoms with Crippen LogP contribution in [-0.4, -0.2) is 25.4 Å². The molecule has 0 radical (unpaired) electrons. The molecule has 90 valence electrons. The zero-order valence-corrected chi connectivity index (χ0v) is 11.3.